The highest BCUT2D eigenvalue weighted by atomic mass is 14.6. The fraction of sp³-hybridized carbons (Fsp3) is 0.867. The Morgan fingerprint density at radius 2 is 1.93 bits per heavy atom. The summed E-state index contributed by atoms with van der Waals surface area (Å²) >= 11 is 0. The molecule has 2 saturated carbocycles. The van der Waals surface area contributed by atoms with Crippen LogP contribution in [-0.2, 0) is 0 Å². The lowest BCUT2D eigenvalue weighted by Gasteiger charge is -2.44. The molecule has 2 bridgehead atoms. The second-order valence-corrected chi connectivity index (χ2v) is 6.86. The summed E-state index contributed by atoms with van der Waals surface area (Å²) in [7, 11) is 0. The van der Waals surface area contributed by atoms with Crippen molar-refractivity contribution >= 4 is 0 Å². The summed E-state index contributed by atoms with van der Waals surface area (Å²) in [6, 6.07) is 0. The lowest BCUT2D eigenvalue weighted by atomic mass is 9.61. The maximum Gasteiger partial charge on any atom is -0.00565 e. The number of allylic oxidation sites excluding steroid dienone is 2. The molecule has 0 heterocycles. The molecule has 3 aliphatic rings. The summed E-state index contributed by atoms with van der Waals surface area (Å²) in [4.78, 5) is 0. The van der Waals surface area contributed by atoms with Crippen molar-refractivity contribution in [3.63, 3.8) is 0 Å². The van der Waals surface area contributed by atoms with Crippen LogP contribution in [-0.4, -0.2) is 0 Å². The van der Waals surface area contributed by atoms with Crippen LogP contribution in [0, 0.1) is 22.7 Å². The first-order valence-corrected chi connectivity index (χ1v) is 6.69. The summed E-state index contributed by atoms with van der Waals surface area (Å²) in [5.41, 5.74) is 4.82. The first-order chi connectivity index (χ1) is 6.98. The predicted octanol–water partition coefficient (Wildman–Crippen LogP) is 4.56. The van der Waals surface area contributed by atoms with E-state index in [2.05, 4.69) is 27.7 Å². The average molecular weight is 204 g/mol. The minimum absolute atomic E-state index is 0.499. The molecular weight excluding hydrogens is 180 g/mol. The molecule has 0 radical (unpaired) electrons. The van der Waals surface area contributed by atoms with Crippen LogP contribution in [0.5, 0.6) is 0 Å². The van der Waals surface area contributed by atoms with Gasteiger partial charge in [-0.25, -0.2) is 0 Å². The van der Waals surface area contributed by atoms with Gasteiger partial charge >= 0.3 is 0 Å². The Kier molecular flexibility index (Phi) is 1.79. The van der Waals surface area contributed by atoms with Gasteiger partial charge in [0.05, 0.1) is 0 Å². The third kappa shape index (κ3) is 0.990. The molecule has 0 N–H and O–H groups in total. The lowest BCUT2D eigenvalue weighted by Crippen LogP contribution is -2.34. The van der Waals surface area contributed by atoms with Crippen molar-refractivity contribution in [2.45, 2.75) is 59.8 Å². The standard InChI is InChI=1S/C15H24/c1-10-5-6-13-11(2)14(3,4)12-7-8-15(10,13)9-12/h10,12H,5-9H2,1-4H3/t10-,12-,15+/m1/s1. The van der Waals surface area contributed by atoms with Crippen LogP contribution in [0.25, 0.3) is 0 Å². The summed E-state index contributed by atoms with van der Waals surface area (Å²) in [5.74, 6) is 1.94. The van der Waals surface area contributed by atoms with Gasteiger partial charge < -0.3 is 0 Å². The Labute approximate surface area is 94.1 Å². The zero-order valence-corrected chi connectivity index (χ0v) is 10.7. The largest absolute Gasteiger partial charge is 0.0676 e. The molecule has 0 aromatic rings. The minimum atomic E-state index is 0.499. The molecule has 0 aromatic carbocycles. The van der Waals surface area contributed by atoms with Crippen molar-refractivity contribution in [3.05, 3.63) is 11.1 Å². The minimum Gasteiger partial charge on any atom is -0.0676 e. The van der Waals surface area contributed by atoms with Gasteiger partial charge in [-0.05, 0) is 61.7 Å². The molecule has 0 nitrogen and oxygen atoms in total. The molecular formula is C15H24. The smallest absolute Gasteiger partial charge is 0.00565 e. The van der Waals surface area contributed by atoms with E-state index in [0.29, 0.717) is 10.8 Å². The quantitative estimate of drug-likeness (QED) is 0.507. The van der Waals surface area contributed by atoms with Gasteiger partial charge in [0.1, 0.15) is 0 Å². The molecule has 0 aliphatic heterocycles. The van der Waals surface area contributed by atoms with Crippen LogP contribution in [0.1, 0.15) is 59.8 Å². The van der Waals surface area contributed by atoms with Gasteiger partial charge in [0.25, 0.3) is 0 Å². The molecule has 0 unspecified atom stereocenters. The van der Waals surface area contributed by atoms with Crippen LogP contribution in [0.4, 0.5) is 0 Å². The zero-order valence-electron chi connectivity index (χ0n) is 10.7. The van der Waals surface area contributed by atoms with Crippen LogP contribution >= 0.6 is 0 Å². The van der Waals surface area contributed by atoms with E-state index in [1.165, 1.54) is 32.1 Å². The zero-order chi connectivity index (χ0) is 10.8. The van der Waals surface area contributed by atoms with Crippen molar-refractivity contribution in [1.29, 1.82) is 0 Å². The van der Waals surface area contributed by atoms with Crippen molar-refractivity contribution in [2.24, 2.45) is 22.7 Å². The van der Waals surface area contributed by atoms with E-state index in [-0.39, 0.29) is 0 Å². The first kappa shape index (κ1) is 9.93. The fourth-order valence-corrected chi connectivity index (χ4v) is 4.85. The van der Waals surface area contributed by atoms with E-state index in [0.717, 1.165) is 11.8 Å². The van der Waals surface area contributed by atoms with Gasteiger partial charge in [-0.3, -0.25) is 0 Å². The van der Waals surface area contributed by atoms with E-state index in [1.54, 1.807) is 5.57 Å². The van der Waals surface area contributed by atoms with Crippen molar-refractivity contribution in [2.75, 3.05) is 0 Å². The van der Waals surface area contributed by atoms with E-state index < -0.39 is 0 Å². The molecule has 0 saturated heterocycles. The van der Waals surface area contributed by atoms with Gasteiger partial charge in [0.2, 0.25) is 0 Å². The maximum atomic E-state index is 2.50. The molecule has 0 heteroatoms. The highest BCUT2D eigenvalue weighted by Gasteiger charge is 2.56. The summed E-state index contributed by atoms with van der Waals surface area (Å²) in [6.07, 6.45) is 7.35. The predicted molar refractivity (Wildman–Crippen MR) is 64.7 cm³/mol. The van der Waals surface area contributed by atoms with Gasteiger partial charge in [0, 0.05) is 0 Å². The Morgan fingerprint density at radius 1 is 1.20 bits per heavy atom. The molecule has 3 atom stereocenters. The molecule has 84 valence electrons. The second kappa shape index (κ2) is 2.70. The topological polar surface area (TPSA) is 0 Å². The Morgan fingerprint density at radius 3 is 2.67 bits per heavy atom. The van der Waals surface area contributed by atoms with Crippen LogP contribution in [0.15, 0.2) is 11.1 Å². The van der Waals surface area contributed by atoms with Crippen molar-refractivity contribution in [1.82, 2.24) is 0 Å². The second-order valence-electron chi connectivity index (χ2n) is 6.86. The molecule has 15 heavy (non-hydrogen) atoms. The van der Waals surface area contributed by atoms with E-state index >= 15 is 0 Å². The van der Waals surface area contributed by atoms with Crippen LogP contribution in [0.3, 0.4) is 0 Å². The third-order valence-electron chi connectivity index (χ3n) is 6.36. The van der Waals surface area contributed by atoms with Crippen molar-refractivity contribution < 1.29 is 0 Å². The third-order valence-corrected chi connectivity index (χ3v) is 6.36. The van der Waals surface area contributed by atoms with Gasteiger partial charge in [-0.15, -0.1) is 0 Å². The van der Waals surface area contributed by atoms with Gasteiger partial charge in [0.15, 0.2) is 0 Å². The molecule has 1 spiro atoms. The Bertz CT molecular complexity index is 334. The number of fused-ring (bicyclic) bond motifs is 1. The highest BCUT2D eigenvalue weighted by Crippen LogP contribution is 2.67. The van der Waals surface area contributed by atoms with Gasteiger partial charge in [-0.1, -0.05) is 31.9 Å². The van der Waals surface area contributed by atoms with Crippen molar-refractivity contribution in [3.8, 4) is 0 Å². The molecule has 2 fully saturated rings. The van der Waals surface area contributed by atoms with Crippen LogP contribution in [0.2, 0.25) is 0 Å². The van der Waals surface area contributed by atoms with E-state index in [1.807, 2.05) is 5.57 Å². The molecule has 0 aromatic heterocycles. The SMILES string of the molecule is CC1=C2CC[C@@H](C)[C@@]23CC[C@H](C3)C1(C)C. The molecule has 0 amide bonds. The molecule has 3 rings (SSSR count). The lowest BCUT2D eigenvalue weighted by molar-refractivity contribution is 0.183. The Hall–Kier alpha value is -0.260. The molecule has 3 aliphatic carbocycles. The van der Waals surface area contributed by atoms with E-state index in [4.69, 9.17) is 0 Å². The van der Waals surface area contributed by atoms with E-state index in [9.17, 15) is 0 Å². The highest BCUT2D eigenvalue weighted by molar-refractivity contribution is 5.36. The summed E-state index contributed by atoms with van der Waals surface area (Å²) in [5, 5.41) is 0. The van der Waals surface area contributed by atoms with Crippen LogP contribution < -0.4 is 0 Å². The fourth-order valence-electron chi connectivity index (χ4n) is 4.85. The normalized spacial score (nSPS) is 47.2. The first-order valence-electron chi connectivity index (χ1n) is 6.69. The number of hydrogen-bond acceptors (Lipinski definition) is 0. The summed E-state index contributed by atoms with van der Waals surface area (Å²) in [6.45, 7) is 9.90. The monoisotopic (exact) mass is 204 g/mol. The number of hydrogen-bond donors (Lipinski definition) is 0. The average Bonchev–Trinajstić information content (AvgIpc) is 2.72. The summed E-state index contributed by atoms with van der Waals surface area (Å²) < 4.78 is 0. The Balaban J connectivity index is 2.18. The maximum absolute atomic E-state index is 2.50. The van der Waals surface area contributed by atoms with Gasteiger partial charge in [-0.2, -0.15) is 0 Å². The number of rotatable bonds is 0.